The molecule has 0 rings (SSSR count). The number of ketones is 1. The molecule has 2 atom stereocenters. The Kier molecular flexibility index (Phi) is 22.5. The van der Waals surface area contributed by atoms with Gasteiger partial charge in [0, 0.05) is 12.8 Å². The lowest BCUT2D eigenvalue weighted by molar-refractivity contribution is -0.146. The summed E-state index contributed by atoms with van der Waals surface area (Å²) in [6.07, 6.45) is 7.97. The number of hydrogen-bond donors (Lipinski definition) is 2. The maximum absolute atomic E-state index is 11.9. The van der Waals surface area contributed by atoms with E-state index >= 15 is 0 Å². The molecule has 0 heterocycles. The fourth-order valence-electron chi connectivity index (χ4n) is 3.39. The fraction of sp³-hybridized carbons (Fsp3) is 0.719. The number of allylic oxidation sites excluding steroid dienone is 2. The van der Waals surface area contributed by atoms with Gasteiger partial charge >= 0.3 is 24.1 Å². The third kappa shape index (κ3) is 26.0. The second-order valence-corrected chi connectivity index (χ2v) is 11.7. The van der Waals surface area contributed by atoms with Crippen LogP contribution in [0.1, 0.15) is 113 Å². The summed E-state index contributed by atoms with van der Waals surface area (Å²) >= 11 is 0. The lowest BCUT2D eigenvalue weighted by atomic mass is 10.1. The number of nitrogens with one attached hydrogen (secondary N) is 2. The zero-order valence-corrected chi connectivity index (χ0v) is 27.7. The Labute approximate surface area is 258 Å². The highest BCUT2D eigenvalue weighted by molar-refractivity contribution is 5.83. The second kappa shape index (κ2) is 23.1. The van der Waals surface area contributed by atoms with Crippen molar-refractivity contribution in [3.63, 3.8) is 0 Å². The zero-order chi connectivity index (χ0) is 33.5. The summed E-state index contributed by atoms with van der Waals surface area (Å²) in [6.45, 7) is 21.7. The fourth-order valence-corrected chi connectivity index (χ4v) is 3.39. The van der Waals surface area contributed by atoms with Crippen molar-refractivity contribution in [1.82, 2.24) is 10.6 Å². The summed E-state index contributed by atoms with van der Waals surface area (Å²) in [6, 6.07) is -1.54. The van der Waals surface area contributed by atoms with Crippen molar-refractivity contribution in [3.8, 4) is 0 Å². The summed E-state index contributed by atoms with van der Waals surface area (Å²) in [4.78, 5) is 58.9. The average Bonchev–Trinajstić information content (AvgIpc) is 2.87. The molecule has 0 aromatic carbocycles. The van der Waals surface area contributed by atoms with Gasteiger partial charge in [-0.25, -0.2) is 19.2 Å². The van der Waals surface area contributed by atoms with E-state index in [1.54, 1.807) is 61.5 Å². The van der Waals surface area contributed by atoms with Crippen LogP contribution in [0.25, 0.3) is 0 Å². The van der Waals surface area contributed by atoms with E-state index in [0.717, 1.165) is 25.7 Å². The van der Waals surface area contributed by atoms with Gasteiger partial charge in [-0.2, -0.15) is 0 Å². The predicted octanol–water partition coefficient (Wildman–Crippen LogP) is 6.34. The topological polar surface area (TPSA) is 146 Å². The quantitative estimate of drug-likeness (QED) is 0.0783. The number of Topliss-reactive ketones (excluding diaryl/α,β-unsaturated/α-hetero) is 1. The molecule has 0 aromatic heterocycles. The van der Waals surface area contributed by atoms with Crippen LogP contribution in [-0.4, -0.2) is 66.4 Å². The summed E-state index contributed by atoms with van der Waals surface area (Å²) in [5.74, 6) is -0.961. The molecular formula is C32H56N2O9. The maximum atomic E-state index is 11.9. The Morgan fingerprint density at radius 1 is 0.651 bits per heavy atom. The molecule has 0 spiro atoms. The van der Waals surface area contributed by atoms with Gasteiger partial charge in [0.2, 0.25) is 0 Å². The van der Waals surface area contributed by atoms with Crippen LogP contribution in [0, 0.1) is 0 Å². The first-order valence-corrected chi connectivity index (χ1v) is 15.0. The van der Waals surface area contributed by atoms with Gasteiger partial charge in [-0.05, 0) is 87.5 Å². The zero-order valence-electron chi connectivity index (χ0n) is 27.7. The van der Waals surface area contributed by atoms with Crippen molar-refractivity contribution < 1.29 is 42.9 Å². The number of rotatable bonds is 18. The lowest BCUT2D eigenvalue weighted by Crippen LogP contribution is -2.44. The Morgan fingerprint density at radius 3 is 1.49 bits per heavy atom. The molecule has 2 amide bonds. The Bertz CT molecular complexity index is 873. The minimum Gasteiger partial charge on any atom is -0.464 e. The smallest absolute Gasteiger partial charge is 0.408 e. The molecule has 0 aliphatic heterocycles. The first kappa shape index (κ1) is 41.8. The number of ether oxygens (including phenoxy) is 4. The van der Waals surface area contributed by atoms with Gasteiger partial charge in [0.15, 0.2) is 0 Å². The number of alkyl carbamates (subject to hydrolysis) is 2. The van der Waals surface area contributed by atoms with E-state index in [4.69, 9.17) is 18.9 Å². The van der Waals surface area contributed by atoms with Crippen LogP contribution in [0.5, 0.6) is 0 Å². The summed E-state index contributed by atoms with van der Waals surface area (Å²) < 4.78 is 20.2. The van der Waals surface area contributed by atoms with E-state index < -0.39 is 47.4 Å². The number of carbonyl (C=O) groups excluding carboxylic acids is 5. The molecule has 0 saturated heterocycles. The molecule has 0 aliphatic carbocycles. The van der Waals surface area contributed by atoms with Crippen molar-refractivity contribution in [2.75, 3.05) is 13.2 Å². The first-order valence-electron chi connectivity index (χ1n) is 15.0. The standard InChI is InChI=1S/C16H27NO5.C16H29NO4/c1-6-8-9-12(18)10-11-13(14(19)21-7-2)17-15(20)22-16(3,4)5;1-6-8-9-10-11-12-13(14(18)20-7-2)17-15(19)21-16(3,4)5/h6,13H,1,7-11H2,2-5H3,(H,17,20);6,13H,1,7-12H2,2-5H3,(H,17,19)/t2*13-/m00/s1. The summed E-state index contributed by atoms with van der Waals surface area (Å²) in [7, 11) is 0. The van der Waals surface area contributed by atoms with E-state index in [1.165, 1.54) is 0 Å². The van der Waals surface area contributed by atoms with E-state index in [-0.39, 0.29) is 25.2 Å². The number of esters is 2. The molecule has 0 aromatic rings. The van der Waals surface area contributed by atoms with Crippen molar-refractivity contribution in [2.24, 2.45) is 0 Å². The molecule has 43 heavy (non-hydrogen) atoms. The lowest BCUT2D eigenvalue weighted by Gasteiger charge is -2.22. The third-order valence-corrected chi connectivity index (χ3v) is 5.26. The number of amides is 2. The first-order chi connectivity index (χ1) is 20.0. The van der Waals surface area contributed by atoms with Crippen molar-refractivity contribution in [3.05, 3.63) is 25.3 Å². The molecule has 0 bridgehead atoms. The van der Waals surface area contributed by atoms with Crippen LogP contribution in [0.3, 0.4) is 0 Å². The van der Waals surface area contributed by atoms with Gasteiger partial charge in [-0.1, -0.05) is 25.0 Å². The van der Waals surface area contributed by atoms with E-state index in [0.29, 0.717) is 25.9 Å². The molecule has 11 nitrogen and oxygen atoms in total. The summed E-state index contributed by atoms with van der Waals surface area (Å²) in [5, 5.41) is 5.05. The number of unbranched alkanes of at least 4 members (excludes halogenated alkanes) is 3. The van der Waals surface area contributed by atoms with Gasteiger partial charge in [0.05, 0.1) is 13.2 Å². The highest BCUT2D eigenvalue weighted by atomic mass is 16.6. The Hall–Kier alpha value is -3.37. The molecule has 2 N–H and O–H groups in total. The van der Waals surface area contributed by atoms with Crippen molar-refractivity contribution in [2.45, 2.75) is 136 Å². The normalized spacial score (nSPS) is 12.3. The maximum Gasteiger partial charge on any atom is 0.408 e. The van der Waals surface area contributed by atoms with Crippen LogP contribution in [0.15, 0.2) is 25.3 Å². The van der Waals surface area contributed by atoms with Crippen LogP contribution in [0.4, 0.5) is 9.59 Å². The molecule has 0 radical (unpaired) electrons. The Morgan fingerprint density at radius 2 is 1.09 bits per heavy atom. The largest absolute Gasteiger partial charge is 0.464 e. The SMILES string of the molecule is C=CCCC(=O)CC[C@H](NC(=O)OC(C)(C)C)C(=O)OCC.C=CCCCCC[C@H](NC(=O)OC(C)(C)C)C(=O)OCC. The van der Waals surface area contributed by atoms with Gasteiger partial charge in [-0.15, -0.1) is 13.2 Å². The molecule has 0 unspecified atom stereocenters. The molecule has 0 aliphatic rings. The average molecular weight is 613 g/mol. The highest BCUT2D eigenvalue weighted by Crippen LogP contribution is 2.11. The van der Waals surface area contributed by atoms with Crippen molar-refractivity contribution >= 4 is 29.9 Å². The van der Waals surface area contributed by atoms with E-state index in [9.17, 15) is 24.0 Å². The summed E-state index contributed by atoms with van der Waals surface area (Å²) in [5.41, 5.74) is -1.25. The van der Waals surface area contributed by atoms with Gasteiger partial charge in [-0.3, -0.25) is 4.79 Å². The van der Waals surface area contributed by atoms with E-state index in [1.807, 2.05) is 6.08 Å². The van der Waals surface area contributed by atoms with Crippen molar-refractivity contribution in [1.29, 1.82) is 0 Å². The highest BCUT2D eigenvalue weighted by Gasteiger charge is 2.26. The van der Waals surface area contributed by atoms with Gasteiger partial charge < -0.3 is 29.6 Å². The van der Waals surface area contributed by atoms with Crippen LogP contribution < -0.4 is 10.6 Å². The predicted molar refractivity (Wildman–Crippen MR) is 167 cm³/mol. The Balaban J connectivity index is 0. The monoisotopic (exact) mass is 612 g/mol. The van der Waals surface area contributed by atoms with Gasteiger partial charge in [0.1, 0.15) is 29.1 Å². The number of carbonyl (C=O) groups is 5. The molecular weight excluding hydrogens is 556 g/mol. The van der Waals surface area contributed by atoms with Crippen LogP contribution in [-0.2, 0) is 33.3 Å². The van der Waals surface area contributed by atoms with Crippen LogP contribution in [0.2, 0.25) is 0 Å². The number of hydrogen-bond acceptors (Lipinski definition) is 9. The van der Waals surface area contributed by atoms with Gasteiger partial charge in [0.25, 0.3) is 0 Å². The third-order valence-electron chi connectivity index (χ3n) is 5.26. The minimum absolute atomic E-state index is 0.0141. The van der Waals surface area contributed by atoms with E-state index in [2.05, 4.69) is 23.8 Å². The second-order valence-electron chi connectivity index (χ2n) is 11.7. The molecule has 0 fully saturated rings. The molecule has 248 valence electrons. The molecule has 0 saturated carbocycles. The molecule has 11 heteroatoms. The minimum atomic E-state index is -0.887. The van der Waals surface area contributed by atoms with Crippen LogP contribution >= 0.6 is 0 Å².